The van der Waals surface area contributed by atoms with E-state index in [9.17, 15) is 0 Å². The van der Waals surface area contributed by atoms with Crippen LogP contribution in [0.5, 0.6) is 11.5 Å². The summed E-state index contributed by atoms with van der Waals surface area (Å²) in [7, 11) is 3.63. The molecule has 2 nitrogen and oxygen atoms in total. The van der Waals surface area contributed by atoms with Crippen molar-refractivity contribution in [2.45, 2.75) is 99.3 Å². The average Bonchev–Trinajstić information content (AvgIpc) is 3.41. The molecule has 0 saturated heterocycles. The van der Waals surface area contributed by atoms with Crippen molar-refractivity contribution in [2.75, 3.05) is 25.7 Å². The fraction of sp³-hybridized carbons (Fsp3) is 0.692. The summed E-state index contributed by atoms with van der Waals surface area (Å²) in [6, 6.07) is 4.53. The minimum absolute atomic E-state index is 0.501. The van der Waals surface area contributed by atoms with E-state index >= 15 is 0 Å². The van der Waals surface area contributed by atoms with Crippen LogP contribution in [-0.4, -0.2) is 46.6 Å². The van der Waals surface area contributed by atoms with Gasteiger partial charge in [-0.2, -0.15) is 0 Å². The van der Waals surface area contributed by atoms with Crippen LogP contribution in [0.4, 0.5) is 0 Å². The minimum atomic E-state index is -0.501. The Hall–Kier alpha value is 0.490. The number of thiophene rings is 2. The third-order valence-corrected chi connectivity index (χ3v) is 14.6. The summed E-state index contributed by atoms with van der Waals surface area (Å²) in [6.07, 6.45) is 16.3. The Bertz CT molecular complexity index is 697. The van der Waals surface area contributed by atoms with Crippen LogP contribution in [-0.2, 0) is 0 Å². The van der Waals surface area contributed by atoms with Crippen LogP contribution >= 0.6 is 46.2 Å². The Morgan fingerprint density at radius 1 is 0.636 bits per heavy atom. The van der Waals surface area contributed by atoms with Crippen LogP contribution in [0.2, 0.25) is 0 Å². The van der Waals surface area contributed by atoms with Gasteiger partial charge >= 0.3 is 231 Å². The molecule has 0 atom stereocenters. The third-order valence-electron chi connectivity index (χ3n) is 5.40. The number of unbranched alkanes of at least 4 members (excludes halogenated alkanes) is 10. The van der Waals surface area contributed by atoms with Crippen LogP contribution in [0.25, 0.3) is 0 Å². The molecule has 2 aromatic rings. The summed E-state index contributed by atoms with van der Waals surface area (Å²) in [5.41, 5.74) is 0. The molecule has 0 aliphatic rings. The zero-order valence-electron chi connectivity index (χ0n) is 20.9. The predicted molar refractivity (Wildman–Crippen MR) is 155 cm³/mol. The number of thioether (sulfide) groups is 2. The van der Waals surface area contributed by atoms with Gasteiger partial charge in [0.1, 0.15) is 0 Å². The Morgan fingerprint density at radius 2 is 1.03 bits per heavy atom. The van der Waals surface area contributed by atoms with E-state index < -0.39 is 20.9 Å². The van der Waals surface area contributed by atoms with Crippen LogP contribution in [0.1, 0.15) is 90.9 Å². The van der Waals surface area contributed by atoms with Crippen molar-refractivity contribution in [1.29, 1.82) is 0 Å². The number of methoxy groups -OCH3 is 2. The first-order valence-corrected chi connectivity index (χ1v) is 18.4. The first-order valence-electron chi connectivity index (χ1n) is 12.5. The van der Waals surface area contributed by atoms with Crippen molar-refractivity contribution in [3.8, 4) is 11.5 Å². The second-order valence-corrected chi connectivity index (χ2v) is 17.6. The second kappa shape index (κ2) is 18.7. The van der Waals surface area contributed by atoms with Crippen LogP contribution in [0, 0.1) is 0 Å². The summed E-state index contributed by atoms with van der Waals surface area (Å²) in [4.78, 5) is 0. The molecule has 0 aromatic carbocycles. The van der Waals surface area contributed by atoms with Crippen LogP contribution < -0.4 is 15.3 Å². The van der Waals surface area contributed by atoms with Gasteiger partial charge in [-0.05, 0) is 0 Å². The van der Waals surface area contributed by atoms with Gasteiger partial charge in [0.25, 0.3) is 0 Å². The zero-order valence-corrected chi connectivity index (χ0v) is 26.5. The molecular formula is C26H42O2S4Te. The molecule has 7 heteroatoms. The quantitative estimate of drug-likeness (QED) is 0.0821. The van der Waals surface area contributed by atoms with E-state index in [1.54, 1.807) is 0 Å². The fourth-order valence-electron chi connectivity index (χ4n) is 3.44. The van der Waals surface area contributed by atoms with E-state index in [1.807, 2.05) is 60.4 Å². The van der Waals surface area contributed by atoms with Gasteiger partial charge in [-0.1, -0.05) is 0 Å². The van der Waals surface area contributed by atoms with E-state index in [4.69, 9.17) is 9.47 Å². The molecular weight excluding hydrogens is 600 g/mol. The molecule has 0 saturated carbocycles. The van der Waals surface area contributed by atoms with E-state index in [2.05, 4.69) is 26.0 Å². The van der Waals surface area contributed by atoms with Crippen molar-refractivity contribution >= 4 is 73.0 Å². The molecule has 0 bridgehead atoms. The molecule has 188 valence electrons. The van der Waals surface area contributed by atoms with Crippen molar-refractivity contribution in [2.24, 2.45) is 0 Å². The van der Waals surface area contributed by atoms with Crippen molar-refractivity contribution in [1.82, 2.24) is 0 Å². The number of ether oxygens (including phenoxy) is 2. The topological polar surface area (TPSA) is 18.5 Å². The fourth-order valence-corrected chi connectivity index (χ4v) is 14.2. The standard InChI is InChI=1S/C26H42O2S4Te/c1-5-7-9-11-13-15-17-29-23-19-21(27-3)25(31-23)33-26-22(28-4)20-24(32-26)30-18-16-14-12-10-8-6-2/h19-20H,5-18H2,1-4H3. The molecule has 33 heavy (non-hydrogen) atoms. The molecule has 0 unspecified atom stereocenters. The van der Waals surface area contributed by atoms with Gasteiger partial charge in [0.15, 0.2) is 0 Å². The SMILES string of the molecule is CCCCCCCCSc1cc(OC)c([Te]c2sc(SCCCCCCCC)cc2OC)s1. The van der Waals surface area contributed by atoms with Crippen molar-refractivity contribution in [3.63, 3.8) is 0 Å². The Kier molecular flexibility index (Phi) is 16.9. The molecule has 2 aromatic heterocycles. The maximum absolute atomic E-state index is 5.76. The summed E-state index contributed by atoms with van der Waals surface area (Å²) in [5, 5.41) is 0. The number of hydrogen-bond donors (Lipinski definition) is 0. The van der Waals surface area contributed by atoms with E-state index in [1.165, 1.54) is 103 Å². The Morgan fingerprint density at radius 3 is 1.42 bits per heavy atom. The van der Waals surface area contributed by atoms with Gasteiger partial charge in [0, 0.05) is 0 Å². The van der Waals surface area contributed by atoms with Gasteiger partial charge in [0.2, 0.25) is 0 Å². The van der Waals surface area contributed by atoms with E-state index in [0.717, 1.165) is 11.5 Å². The molecule has 0 amide bonds. The van der Waals surface area contributed by atoms with Crippen molar-refractivity contribution in [3.05, 3.63) is 12.1 Å². The molecule has 2 rings (SSSR count). The van der Waals surface area contributed by atoms with Gasteiger partial charge < -0.3 is 0 Å². The number of hydrogen-bond acceptors (Lipinski definition) is 6. The molecule has 0 spiro atoms. The molecule has 0 N–H and O–H groups in total. The molecule has 0 radical (unpaired) electrons. The Labute approximate surface area is 229 Å². The summed E-state index contributed by atoms with van der Waals surface area (Å²) in [6.45, 7) is 4.56. The third kappa shape index (κ3) is 11.8. The predicted octanol–water partition coefficient (Wildman–Crippen LogP) is 8.39. The normalized spacial score (nSPS) is 11.3. The van der Waals surface area contributed by atoms with Gasteiger partial charge in [-0.25, -0.2) is 0 Å². The maximum atomic E-state index is 5.76. The summed E-state index contributed by atoms with van der Waals surface area (Å²) in [5.74, 6) is 4.61. The second-order valence-electron chi connectivity index (χ2n) is 8.18. The molecule has 0 fully saturated rings. The molecule has 0 aliphatic heterocycles. The average molecular weight is 642 g/mol. The van der Waals surface area contributed by atoms with Crippen molar-refractivity contribution < 1.29 is 9.47 Å². The van der Waals surface area contributed by atoms with E-state index in [0.29, 0.717) is 0 Å². The van der Waals surface area contributed by atoms with Gasteiger partial charge in [-0.15, -0.1) is 0 Å². The van der Waals surface area contributed by atoms with Crippen LogP contribution in [0.15, 0.2) is 20.6 Å². The first-order chi connectivity index (χ1) is 16.2. The zero-order chi connectivity index (χ0) is 23.7. The van der Waals surface area contributed by atoms with Gasteiger partial charge in [0.05, 0.1) is 0 Å². The first kappa shape index (κ1) is 29.7. The number of rotatable bonds is 20. The summed E-state index contributed by atoms with van der Waals surface area (Å²) >= 11 is 7.42. The molecule has 2 heterocycles. The Balaban J connectivity index is 1.83. The van der Waals surface area contributed by atoms with Gasteiger partial charge in [-0.3, -0.25) is 0 Å². The van der Waals surface area contributed by atoms with Crippen LogP contribution in [0.3, 0.4) is 0 Å². The van der Waals surface area contributed by atoms with E-state index in [-0.39, 0.29) is 0 Å². The molecule has 0 aliphatic carbocycles. The monoisotopic (exact) mass is 644 g/mol. The summed E-state index contributed by atoms with van der Waals surface area (Å²) < 4.78 is 17.2.